The molecule has 0 radical (unpaired) electrons. The highest BCUT2D eigenvalue weighted by atomic mass is 35.9. The van der Waals surface area contributed by atoms with Gasteiger partial charge in [-0.05, 0) is 109 Å². The Morgan fingerprint density at radius 3 is 1.31 bits per heavy atom. The Hall–Kier alpha value is -5.81. The van der Waals surface area contributed by atoms with Crippen molar-refractivity contribution in [1.29, 1.82) is 0 Å². The third kappa shape index (κ3) is 24.1. The van der Waals surface area contributed by atoms with Crippen LogP contribution in [0.25, 0.3) is 33.5 Å². The van der Waals surface area contributed by atoms with Crippen LogP contribution >= 0.6 is 118 Å². The van der Waals surface area contributed by atoms with Crippen molar-refractivity contribution in [3.8, 4) is 11.8 Å². The molecule has 0 amide bonds. The number of aliphatic hydroxyl groups excluding tert-OH is 4. The molecule has 9 heterocycles. The number of fused-ring (bicyclic) bond motifs is 3. The minimum Gasteiger partial charge on any atom is -0.471 e. The van der Waals surface area contributed by atoms with Gasteiger partial charge in [-0.15, -0.1) is 0 Å². The SMILES string of the molecule is C.C[C@H]1[C@H](F)[C@H](n2cnc3c(Cl)nc(Cl)nc32)O[C@@H]1COC(=O)c1ccccc1.O=P(Cl)(Cl)CP(=O)(Cl)Cl.O=P(O)(O)CP(=O)(O)OC[C@H]1O[C@@H](n2cnc3c(OCc4ccccc4)nc(Cl)nc32)[C@@H](F)[C@@H]1O.OC[C@H]1O[C@@H](n2cnc3c(OCc4ccccc4)nc(Cl)nc32)[C@@H](F)[C@@H]1O.OCc1ccccc1. The van der Waals surface area contributed by atoms with Crippen LogP contribution in [0.5, 0.6) is 11.8 Å². The Balaban J connectivity index is 0.000000184. The molecule has 46 heteroatoms. The van der Waals surface area contributed by atoms with Crippen LogP contribution in [0.15, 0.2) is 140 Å². The molecule has 13 atom stereocenters. The van der Waals surface area contributed by atoms with Gasteiger partial charge in [0.15, 0.2) is 76.2 Å². The van der Waals surface area contributed by atoms with E-state index in [1.807, 2.05) is 91.0 Å². The Labute approximate surface area is 651 Å². The smallest absolute Gasteiger partial charge is 0.340 e. The topological polar surface area (TPSA) is 422 Å². The largest absolute Gasteiger partial charge is 0.471 e. The van der Waals surface area contributed by atoms with Crippen molar-refractivity contribution in [2.75, 3.05) is 31.6 Å². The summed E-state index contributed by atoms with van der Waals surface area (Å²) in [6.07, 6.45) is -11.3. The number of aliphatic hydroxyl groups is 4. The van der Waals surface area contributed by atoms with Crippen molar-refractivity contribution in [1.82, 2.24) is 58.6 Å². The highest BCUT2D eigenvalue weighted by Crippen LogP contribution is 2.72. The third-order valence-electron chi connectivity index (χ3n) is 15.3. The number of rotatable bonds is 21. The molecule has 0 spiro atoms. The van der Waals surface area contributed by atoms with Gasteiger partial charge in [0.25, 0.3) is 11.7 Å². The minimum absolute atomic E-state index is 0. The lowest BCUT2D eigenvalue weighted by Gasteiger charge is -2.18. The molecule has 4 aromatic carbocycles. The molecule has 13 rings (SSSR count). The van der Waals surface area contributed by atoms with Gasteiger partial charge in [-0.3, -0.25) is 32.0 Å². The van der Waals surface area contributed by atoms with Gasteiger partial charge in [0.05, 0.1) is 50.5 Å². The summed E-state index contributed by atoms with van der Waals surface area (Å²) in [4.78, 5) is 76.0. The summed E-state index contributed by atoms with van der Waals surface area (Å²) in [7, 11) is -9.59. The van der Waals surface area contributed by atoms with Crippen LogP contribution in [-0.4, -0.2) is 180 Å². The number of esters is 1. The second-order valence-electron chi connectivity index (χ2n) is 23.1. The molecule has 108 heavy (non-hydrogen) atoms. The lowest BCUT2D eigenvalue weighted by atomic mass is 10.0. The van der Waals surface area contributed by atoms with Crippen LogP contribution in [0.3, 0.4) is 0 Å². The molecule has 3 aliphatic heterocycles. The summed E-state index contributed by atoms with van der Waals surface area (Å²) >= 11 is 43.9. The summed E-state index contributed by atoms with van der Waals surface area (Å²) in [6.45, 7) is 0.837. The van der Waals surface area contributed by atoms with Crippen LogP contribution in [-0.2, 0) is 61.6 Å². The molecule has 0 saturated carbocycles. The fourth-order valence-electron chi connectivity index (χ4n) is 10.3. The second kappa shape index (κ2) is 39.1. The standard InChI is InChI=1S/C18H15Cl2FN4O3.C18H20ClFN4O9P2.C17H16ClFN4O4.C7H8O.CH2Cl4O2P2.CH4/c1-9-11(7-27-17(26)10-5-3-2-4-6-10)28-16(12(9)21)25-8-22-13-14(19)23-18(20)24-15(13)25;19-18-22-15-13(16(23-18)31-6-10-4-2-1-3-5-10)21-8-24(15)17-12(20)14(25)11(33-17)7-32-35(29,30)9-34(26,27)28;18-17-21-14-12(15(22-17)26-7-9-4-2-1-3-5-9)20-8-23(14)16-11(19)13(25)10(6-24)27-16;8-6-7-4-2-1-3-5-7;2-8(3,6)1-9(4,5)7;/h2-6,8-9,11-12,16H,7H2,1H3;1-5,8,11-12,14,17,25H,6-7,9H2,(H,29,30)(H2,26,27,28);1-5,8,10-11,13,16,24-25H,6-7H2;1-5,8H,6H2;1H2;1H4/t9-,11-,12+,16-;11-,12+,14-,17-;10-,11+,13-,16-;;;/m111.../s1. The van der Waals surface area contributed by atoms with E-state index in [0.717, 1.165) is 21.3 Å². The molecule has 6 aromatic heterocycles. The maximum atomic E-state index is 14.9. The zero-order valence-corrected chi connectivity index (χ0v) is 64.3. The van der Waals surface area contributed by atoms with Crippen LogP contribution in [0.1, 0.15) is 60.1 Å². The second-order valence-corrected chi connectivity index (χ2v) is 39.4. The number of benzene rings is 4. The number of carbonyl (C=O) groups excluding carboxylic acids is 1. The average molecular weight is 1750 g/mol. The van der Waals surface area contributed by atoms with Gasteiger partial charge < -0.3 is 68.1 Å². The number of imidazole rings is 3. The summed E-state index contributed by atoms with van der Waals surface area (Å²) in [6, 6.07) is 36.8. The lowest BCUT2D eigenvalue weighted by molar-refractivity contribution is -0.0459. The molecule has 10 aromatic rings. The predicted molar refractivity (Wildman–Crippen MR) is 394 cm³/mol. The average Bonchev–Trinajstić information content (AvgIpc) is 1.63. The Bertz CT molecular complexity index is 4820. The van der Waals surface area contributed by atoms with Crippen molar-refractivity contribution >= 4 is 158 Å². The van der Waals surface area contributed by atoms with E-state index < -0.39 is 132 Å². The van der Waals surface area contributed by atoms with Crippen molar-refractivity contribution in [2.45, 2.75) is 102 Å². The highest BCUT2D eigenvalue weighted by molar-refractivity contribution is 8.21. The van der Waals surface area contributed by atoms with E-state index in [-0.39, 0.29) is 94.6 Å². The van der Waals surface area contributed by atoms with Gasteiger partial charge in [-0.2, -0.15) is 24.9 Å². The van der Waals surface area contributed by atoms with E-state index in [2.05, 4.69) is 49.4 Å². The van der Waals surface area contributed by atoms with Crippen LogP contribution in [0.4, 0.5) is 13.2 Å². The van der Waals surface area contributed by atoms with Gasteiger partial charge in [0.1, 0.15) is 55.7 Å². The number of halogens is 11. The zero-order valence-electron chi connectivity index (χ0n) is 54.7. The molecule has 31 nitrogen and oxygen atoms in total. The van der Waals surface area contributed by atoms with Gasteiger partial charge in [0.2, 0.25) is 27.6 Å². The minimum atomic E-state index is -4.86. The summed E-state index contributed by atoms with van der Waals surface area (Å²) in [5.74, 6) is -9.52. The first-order valence-corrected chi connectivity index (χ1v) is 43.5. The number of hydrogen-bond donors (Lipinski definition) is 7. The number of alkyl halides is 3. The maximum Gasteiger partial charge on any atom is 0.340 e. The number of ether oxygens (including phenoxy) is 6. The van der Waals surface area contributed by atoms with Crippen LogP contribution in [0.2, 0.25) is 21.0 Å². The molecule has 0 bridgehead atoms. The van der Waals surface area contributed by atoms with E-state index in [4.69, 9.17) is 135 Å². The zero-order chi connectivity index (χ0) is 77.7. The summed E-state index contributed by atoms with van der Waals surface area (Å²) in [5.41, 5.74) is 4.42. The van der Waals surface area contributed by atoms with Crippen molar-refractivity contribution in [2.24, 2.45) is 5.92 Å². The lowest BCUT2D eigenvalue weighted by Crippen LogP contribution is -2.31. The van der Waals surface area contributed by atoms with E-state index in [1.165, 1.54) is 28.1 Å². The van der Waals surface area contributed by atoms with Gasteiger partial charge in [0, 0.05) is 5.92 Å². The number of nitrogens with zero attached hydrogens (tertiary/aromatic N) is 12. The van der Waals surface area contributed by atoms with Crippen LogP contribution in [0, 0.1) is 5.92 Å². The van der Waals surface area contributed by atoms with E-state index in [0.29, 0.717) is 11.1 Å². The summed E-state index contributed by atoms with van der Waals surface area (Å²) < 4.78 is 130. The Morgan fingerprint density at radius 2 is 0.907 bits per heavy atom. The number of carbonyl (C=O) groups is 1. The Kier molecular flexibility index (Phi) is 31.8. The van der Waals surface area contributed by atoms with Crippen molar-refractivity contribution in [3.63, 3.8) is 0 Å². The quantitative estimate of drug-likeness (QED) is 0.0152. The van der Waals surface area contributed by atoms with Gasteiger partial charge >= 0.3 is 21.2 Å². The molecule has 3 fully saturated rings. The monoisotopic (exact) mass is 1740 g/mol. The molecule has 3 saturated heterocycles. The van der Waals surface area contributed by atoms with Gasteiger partial charge in [-0.25, -0.2) is 37.9 Å². The predicted octanol–water partition coefficient (Wildman–Crippen LogP) is 13.6. The van der Waals surface area contributed by atoms with Crippen molar-refractivity contribution < 1.29 is 104 Å². The first-order valence-electron chi connectivity index (χ1n) is 31.0. The van der Waals surface area contributed by atoms with Crippen molar-refractivity contribution in [3.05, 3.63) is 184 Å². The summed E-state index contributed by atoms with van der Waals surface area (Å²) in [5, 5.41) is 37.5. The molecule has 3 aliphatic rings. The van der Waals surface area contributed by atoms with E-state index >= 15 is 0 Å². The first kappa shape index (κ1) is 87.8. The normalized spacial score (nSPS) is 22.4. The fraction of sp³-hybridized carbons (Fsp3) is 0.355. The molecular formula is C62H65Cl8F3N12O19P4. The maximum absolute atomic E-state index is 14.9. The van der Waals surface area contributed by atoms with E-state index in [9.17, 15) is 56.4 Å². The molecule has 0 aliphatic carbocycles. The highest BCUT2D eigenvalue weighted by Gasteiger charge is 2.49. The van der Waals surface area contributed by atoms with Gasteiger partial charge in [-0.1, -0.05) is 135 Å². The number of aromatic nitrogens is 12. The Morgan fingerprint density at radius 1 is 0.519 bits per heavy atom. The third-order valence-corrected chi connectivity index (χ3v) is 26.0. The molecular weight excluding hydrogens is 1680 g/mol. The van der Waals surface area contributed by atoms with E-state index in [1.54, 1.807) is 37.3 Å². The van der Waals surface area contributed by atoms with Crippen LogP contribution < -0.4 is 9.47 Å². The molecule has 7 N–H and O–H groups in total. The number of hydrogen-bond acceptors (Lipinski definition) is 25. The molecule has 584 valence electrons. The molecule has 1 unspecified atom stereocenters. The first-order chi connectivity index (χ1) is 50.6. The fourth-order valence-corrected chi connectivity index (χ4v) is 22.5.